The monoisotopic (exact) mass is 192 g/mol. The van der Waals surface area contributed by atoms with Crippen molar-refractivity contribution < 1.29 is 10.1 Å². The van der Waals surface area contributed by atoms with Gasteiger partial charge in [0, 0.05) is 0 Å². The summed E-state index contributed by atoms with van der Waals surface area (Å²) in [5.41, 5.74) is 4.68. The number of nitro groups is 1. The second-order valence-corrected chi connectivity index (χ2v) is 2.34. The average molecular weight is 193 g/mol. The molecule has 0 aromatic carbocycles. The highest BCUT2D eigenvalue weighted by molar-refractivity contribution is 6.69. The predicted octanol–water partition coefficient (Wildman–Crippen LogP) is -0.311. The number of rotatable bonds is 1. The van der Waals surface area contributed by atoms with Crippen LogP contribution in [0.5, 0.6) is 0 Å². The lowest BCUT2D eigenvalue weighted by atomic mass is 10.4. The molecule has 1 atom stereocenters. The quantitative estimate of drug-likeness (QED) is 0.438. The third kappa shape index (κ3) is 1.52. The van der Waals surface area contributed by atoms with Crippen molar-refractivity contribution in [2.75, 3.05) is 0 Å². The topological polar surface area (TPSA) is 105 Å². The molecule has 7 nitrogen and oxygen atoms in total. The number of hydroxylamine groups is 2. The molecule has 1 heterocycles. The zero-order valence-electron chi connectivity index (χ0n) is 5.72. The number of nitrogens with zero attached hydrogens (tertiary/aromatic N) is 3. The Morgan fingerprint density at radius 3 is 3.00 bits per heavy atom. The fourth-order valence-electron chi connectivity index (χ4n) is 0.619. The van der Waals surface area contributed by atoms with Crippen LogP contribution in [0.3, 0.4) is 0 Å². The van der Waals surface area contributed by atoms with Crippen LogP contribution in [-0.2, 0) is 0 Å². The Morgan fingerprint density at radius 1 is 1.92 bits per heavy atom. The molecule has 1 rings (SSSR count). The molecule has 0 radical (unpaired) electrons. The summed E-state index contributed by atoms with van der Waals surface area (Å²) in [6, 6.07) is 0. The van der Waals surface area contributed by atoms with Gasteiger partial charge in [-0.3, -0.25) is 21.1 Å². The van der Waals surface area contributed by atoms with Gasteiger partial charge in [-0.05, 0) is 0 Å². The Balaban J connectivity index is 2.96. The SMILES string of the molecule is NC1N=C(Cl)C([N+](=O)[O-])=CN1O. The molecule has 0 spiro atoms. The minimum Gasteiger partial charge on any atom is -0.291 e. The van der Waals surface area contributed by atoms with Gasteiger partial charge < -0.3 is 0 Å². The smallest absolute Gasteiger partial charge is 0.291 e. The summed E-state index contributed by atoms with van der Waals surface area (Å²) in [5, 5.41) is 19.2. The summed E-state index contributed by atoms with van der Waals surface area (Å²) >= 11 is 5.36. The molecule has 0 aliphatic carbocycles. The molecule has 0 fully saturated rings. The van der Waals surface area contributed by atoms with Gasteiger partial charge in [0.25, 0.3) is 0 Å². The fraction of sp³-hybridized carbons (Fsp3) is 0.250. The molecule has 3 N–H and O–H groups in total. The zero-order chi connectivity index (χ0) is 9.30. The van der Waals surface area contributed by atoms with Crippen molar-refractivity contribution in [3.63, 3.8) is 0 Å². The number of aliphatic imine (C=N–C) groups is 1. The number of nitrogens with two attached hydrogens (primary N) is 1. The maximum absolute atomic E-state index is 10.2. The van der Waals surface area contributed by atoms with Gasteiger partial charge in [-0.15, -0.1) is 0 Å². The summed E-state index contributed by atoms with van der Waals surface area (Å²) in [5.74, 6) is 0. The van der Waals surface area contributed by atoms with Gasteiger partial charge in [-0.1, -0.05) is 11.6 Å². The highest BCUT2D eigenvalue weighted by atomic mass is 35.5. The summed E-state index contributed by atoms with van der Waals surface area (Å²) in [4.78, 5) is 12.8. The van der Waals surface area contributed by atoms with Crippen LogP contribution in [0.4, 0.5) is 0 Å². The summed E-state index contributed by atoms with van der Waals surface area (Å²) in [7, 11) is 0. The van der Waals surface area contributed by atoms with Crippen LogP contribution in [0.1, 0.15) is 0 Å². The lowest BCUT2D eigenvalue weighted by molar-refractivity contribution is -0.417. The van der Waals surface area contributed by atoms with E-state index in [9.17, 15) is 10.1 Å². The Labute approximate surface area is 71.8 Å². The fourth-order valence-corrected chi connectivity index (χ4v) is 0.837. The first-order valence-electron chi connectivity index (χ1n) is 2.85. The van der Waals surface area contributed by atoms with Crippen LogP contribution >= 0.6 is 11.6 Å². The standard InChI is InChI=1S/C4H5ClN4O3/c5-3-2(9(11)12)1-8(10)4(6)7-3/h1,4,10H,6H2. The second kappa shape index (κ2) is 3.05. The molecule has 0 amide bonds. The lowest BCUT2D eigenvalue weighted by Crippen LogP contribution is -2.38. The maximum atomic E-state index is 10.2. The van der Waals surface area contributed by atoms with E-state index in [4.69, 9.17) is 22.5 Å². The molecule has 1 aliphatic heterocycles. The van der Waals surface area contributed by atoms with E-state index in [1.165, 1.54) is 0 Å². The van der Waals surface area contributed by atoms with E-state index in [2.05, 4.69) is 4.99 Å². The third-order valence-electron chi connectivity index (χ3n) is 1.18. The van der Waals surface area contributed by atoms with Crippen LogP contribution in [0, 0.1) is 10.1 Å². The third-order valence-corrected chi connectivity index (χ3v) is 1.47. The Bertz CT molecular complexity index is 275. The van der Waals surface area contributed by atoms with Gasteiger partial charge in [0.1, 0.15) is 6.20 Å². The Morgan fingerprint density at radius 2 is 2.50 bits per heavy atom. The van der Waals surface area contributed by atoms with E-state index < -0.39 is 16.9 Å². The summed E-state index contributed by atoms with van der Waals surface area (Å²) < 4.78 is 0. The van der Waals surface area contributed by atoms with Crippen LogP contribution < -0.4 is 5.73 Å². The van der Waals surface area contributed by atoms with Crippen molar-refractivity contribution in [3.05, 3.63) is 22.0 Å². The first-order valence-corrected chi connectivity index (χ1v) is 3.23. The second-order valence-electron chi connectivity index (χ2n) is 1.98. The molecule has 66 valence electrons. The van der Waals surface area contributed by atoms with E-state index in [1.54, 1.807) is 0 Å². The van der Waals surface area contributed by atoms with Gasteiger partial charge in [0.2, 0.25) is 5.17 Å². The molecule has 1 unspecified atom stereocenters. The van der Waals surface area contributed by atoms with Crippen molar-refractivity contribution in [2.24, 2.45) is 10.7 Å². The van der Waals surface area contributed by atoms with Crippen molar-refractivity contribution >= 4 is 16.8 Å². The molecule has 0 aromatic rings. The number of halogens is 1. The van der Waals surface area contributed by atoms with Crippen molar-refractivity contribution in [1.82, 2.24) is 5.06 Å². The van der Waals surface area contributed by atoms with Gasteiger partial charge >= 0.3 is 5.70 Å². The normalized spacial score (nSPS) is 23.2. The molecule has 8 heteroatoms. The molecule has 0 bridgehead atoms. The van der Waals surface area contributed by atoms with Crippen LogP contribution in [-0.4, -0.2) is 26.7 Å². The van der Waals surface area contributed by atoms with Crippen LogP contribution in [0.15, 0.2) is 16.9 Å². The Kier molecular flexibility index (Phi) is 2.27. The average Bonchev–Trinajstić information content (AvgIpc) is 1.96. The molecular formula is C4H5ClN4O3. The van der Waals surface area contributed by atoms with E-state index in [0.717, 1.165) is 6.20 Å². The van der Waals surface area contributed by atoms with Crippen molar-refractivity contribution in [2.45, 2.75) is 6.29 Å². The number of allylic oxidation sites excluding steroid dienone is 1. The van der Waals surface area contributed by atoms with Gasteiger partial charge in [-0.2, -0.15) is 0 Å². The predicted molar refractivity (Wildman–Crippen MR) is 40.0 cm³/mol. The largest absolute Gasteiger partial charge is 0.324 e. The number of hydrogen-bond acceptors (Lipinski definition) is 6. The Hall–Kier alpha value is -1.18. The van der Waals surface area contributed by atoms with Gasteiger partial charge in [-0.25, -0.2) is 10.1 Å². The van der Waals surface area contributed by atoms with Gasteiger partial charge in [0.05, 0.1) is 4.92 Å². The lowest BCUT2D eigenvalue weighted by Gasteiger charge is -2.19. The van der Waals surface area contributed by atoms with Crippen molar-refractivity contribution in [1.29, 1.82) is 0 Å². The maximum Gasteiger partial charge on any atom is 0.324 e. The summed E-state index contributed by atoms with van der Waals surface area (Å²) in [6.07, 6.45) is -0.277. The molecule has 12 heavy (non-hydrogen) atoms. The molecule has 0 saturated carbocycles. The highest BCUT2D eigenvalue weighted by Gasteiger charge is 2.26. The first kappa shape index (κ1) is 8.91. The van der Waals surface area contributed by atoms with Crippen molar-refractivity contribution in [3.8, 4) is 0 Å². The molecule has 0 saturated heterocycles. The number of hydrogen-bond donors (Lipinski definition) is 2. The molecule has 0 aromatic heterocycles. The minimum atomic E-state index is -1.08. The van der Waals surface area contributed by atoms with Crippen LogP contribution in [0.25, 0.3) is 0 Å². The first-order chi connectivity index (χ1) is 5.52. The van der Waals surface area contributed by atoms with E-state index in [-0.39, 0.29) is 5.17 Å². The van der Waals surface area contributed by atoms with E-state index in [1.807, 2.05) is 0 Å². The molecule has 1 aliphatic rings. The zero-order valence-corrected chi connectivity index (χ0v) is 6.47. The van der Waals surface area contributed by atoms with E-state index in [0.29, 0.717) is 5.06 Å². The van der Waals surface area contributed by atoms with Gasteiger partial charge in [0.15, 0.2) is 6.29 Å². The van der Waals surface area contributed by atoms with E-state index >= 15 is 0 Å². The summed E-state index contributed by atoms with van der Waals surface area (Å²) in [6.45, 7) is 0. The minimum absolute atomic E-state index is 0.321. The molecular weight excluding hydrogens is 188 g/mol. The van der Waals surface area contributed by atoms with Crippen LogP contribution in [0.2, 0.25) is 0 Å². The highest BCUT2D eigenvalue weighted by Crippen LogP contribution is 2.12.